The first-order valence-electron chi connectivity index (χ1n) is 8.20. The molecule has 0 spiro atoms. The number of aromatic nitrogens is 3. The molecular formula is C18H18N4O2S. The molecule has 6 nitrogen and oxygen atoms in total. The fourth-order valence-electron chi connectivity index (χ4n) is 3.07. The molecule has 0 aliphatic carbocycles. The van der Waals surface area contributed by atoms with Crippen LogP contribution in [-0.4, -0.2) is 37.2 Å². The van der Waals surface area contributed by atoms with Gasteiger partial charge in [-0.3, -0.25) is 14.5 Å². The highest BCUT2D eigenvalue weighted by atomic mass is 32.1. The van der Waals surface area contributed by atoms with E-state index in [1.807, 2.05) is 46.0 Å². The van der Waals surface area contributed by atoms with E-state index in [1.165, 1.54) is 11.3 Å². The average Bonchev–Trinajstić information content (AvgIpc) is 3.27. The molecule has 0 saturated carbocycles. The van der Waals surface area contributed by atoms with Crippen LogP contribution in [0.5, 0.6) is 0 Å². The van der Waals surface area contributed by atoms with E-state index in [0.717, 1.165) is 24.2 Å². The van der Waals surface area contributed by atoms with Gasteiger partial charge < -0.3 is 10.0 Å². The molecule has 3 heterocycles. The number of amides is 1. The van der Waals surface area contributed by atoms with Gasteiger partial charge in [-0.25, -0.2) is 0 Å². The zero-order chi connectivity index (χ0) is 17.2. The Morgan fingerprint density at radius 2 is 2.08 bits per heavy atom. The molecule has 1 atom stereocenters. The Balaban J connectivity index is 1.58. The summed E-state index contributed by atoms with van der Waals surface area (Å²) < 4.78 is 1.90. The number of hydrogen-bond donors (Lipinski definition) is 1. The smallest absolute Gasteiger partial charge is 0.265 e. The molecule has 0 bridgehead atoms. The largest absolute Gasteiger partial charge is 0.382 e. The van der Waals surface area contributed by atoms with Crippen molar-refractivity contribution in [3.8, 4) is 0 Å². The number of hydrogen-bond acceptors (Lipinski definition) is 5. The van der Waals surface area contributed by atoms with E-state index >= 15 is 0 Å². The molecule has 1 amide bonds. The van der Waals surface area contributed by atoms with Gasteiger partial charge in [0.05, 0.1) is 29.6 Å². The SMILES string of the molecule is O=C(c1cncs1)N1CCCn2nc([C@@H](O)c3ccccc3)cc2C1. The minimum Gasteiger partial charge on any atom is -0.382 e. The van der Waals surface area contributed by atoms with Crippen LogP contribution in [0.3, 0.4) is 0 Å². The van der Waals surface area contributed by atoms with Crippen molar-refractivity contribution < 1.29 is 9.90 Å². The van der Waals surface area contributed by atoms with E-state index in [9.17, 15) is 9.90 Å². The fourth-order valence-corrected chi connectivity index (χ4v) is 3.66. The van der Waals surface area contributed by atoms with E-state index in [-0.39, 0.29) is 5.91 Å². The zero-order valence-corrected chi connectivity index (χ0v) is 14.4. The summed E-state index contributed by atoms with van der Waals surface area (Å²) in [5, 5.41) is 15.1. The van der Waals surface area contributed by atoms with E-state index in [1.54, 1.807) is 11.7 Å². The highest BCUT2D eigenvalue weighted by Crippen LogP contribution is 2.24. The normalized spacial score (nSPS) is 15.5. The first kappa shape index (κ1) is 16.0. The third-order valence-corrected chi connectivity index (χ3v) is 5.12. The molecule has 128 valence electrons. The van der Waals surface area contributed by atoms with Crippen molar-refractivity contribution in [3.63, 3.8) is 0 Å². The summed E-state index contributed by atoms with van der Waals surface area (Å²) in [7, 11) is 0. The summed E-state index contributed by atoms with van der Waals surface area (Å²) in [6.07, 6.45) is 1.69. The molecular weight excluding hydrogens is 336 g/mol. The van der Waals surface area contributed by atoms with Crippen LogP contribution >= 0.6 is 11.3 Å². The van der Waals surface area contributed by atoms with Gasteiger partial charge >= 0.3 is 0 Å². The minimum atomic E-state index is -0.758. The summed E-state index contributed by atoms with van der Waals surface area (Å²) in [5.74, 6) is 0.00214. The van der Waals surface area contributed by atoms with Crippen LogP contribution in [0.1, 0.15) is 39.1 Å². The van der Waals surface area contributed by atoms with Crippen molar-refractivity contribution in [1.29, 1.82) is 0 Å². The third kappa shape index (κ3) is 3.20. The predicted octanol–water partition coefficient (Wildman–Crippen LogP) is 2.47. The van der Waals surface area contributed by atoms with Crippen LogP contribution in [0.4, 0.5) is 0 Å². The van der Waals surface area contributed by atoms with Gasteiger partial charge in [0.2, 0.25) is 0 Å². The third-order valence-electron chi connectivity index (χ3n) is 4.36. The lowest BCUT2D eigenvalue weighted by atomic mass is 10.1. The fraction of sp³-hybridized carbons (Fsp3) is 0.278. The highest BCUT2D eigenvalue weighted by Gasteiger charge is 2.24. The number of thiazole rings is 1. The molecule has 1 N–H and O–H groups in total. The Morgan fingerprint density at radius 1 is 1.24 bits per heavy atom. The molecule has 7 heteroatoms. The number of carbonyl (C=O) groups is 1. The van der Waals surface area contributed by atoms with E-state index in [0.29, 0.717) is 23.7 Å². The first-order valence-corrected chi connectivity index (χ1v) is 9.08. The zero-order valence-electron chi connectivity index (χ0n) is 13.6. The molecule has 1 aliphatic heterocycles. The highest BCUT2D eigenvalue weighted by molar-refractivity contribution is 7.11. The van der Waals surface area contributed by atoms with E-state index in [4.69, 9.17) is 0 Å². The summed E-state index contributed by atoms with van der Waals surface area (Å²) >= 11 is 1.36. The van der Waals surface area contributed by atoms with Gasteiger partial charge in [0.15, 0.2) is 0 Å². The molecule has 0 fully saturated rings. The van der Waals surface area contributed by atoms with Crippen molar-refractivity contribution in [2.24, 2.45) is 0 Å². The lowest BCUT2D eigenvalue weighted by molar-refractivity contribution is 0.0750. The molecule has 25 heavy (non-hydrogen) atoms. The van der Waals surface area contributed by atoms with Gasteiger partial charge in [-0.15, -0.1) is 11.3 Å². The standard InChI is InChI=1S/C18H18N4O2S/c23-17(13-5-2-1-3-6-13)15-9-14-11-21(7-4-8-22(14)20-15)18(24)16-10-19-12-25-16/h1-3,5-6,9-10,12,17,23H,4,7-8,11H2/t17-/m0/s1. The predicted molar refractivity (Wildman–Crippen MR) is 94.2 cm³/mol. The molecule has 2 aromatic heterocycles. The first-order chi connectivity index (χ1) is 12.2. The summed E-state index contributed by atoms with van der Waals surface area (Å²) in [5.41, 5.74) is 4.05. The van der Waals surface area contributed by atoms with Gasteiger partial charge in [-0.1, -0.05) is 30.3 Å². The average molecular weight is 354 g/mol. The second-order valence-electron chi connectivity index (χ2n) is 6.04. The number of carbonyl (C=O) groups excluding carboxylic acids is 1. The number of benzene rings is 1. The quantitative estimate of drug-likeness (QED) is 0.784. The minimum absolute atomic E-state index is 0.00214. The maximum atomic E-state index is 12.6. The van der Waals surface area contributed by atoms with Crippen molar-refractivity contribution in [2.75, 3.05) is 6.54 Å². The van der Waals surface area contributed by atoms with Crippen molar-refractivity contribution >= 4 is 17.2 Å². The molecule has 1 aromatic carbocycles. The van der Waals surface area contributed by atoms with E-state index in [2.05, 4.69) is 10.1 Å². The Morgan fingerprint density at radius 3 is 2.84 bits per heavy atom. The van der Waals surface area contributed by atoms with Gasteiger partial charge in [-0.05, 0) is 18.1 Å². The number of aliphatic hydroxyl groups is 1. The maximum Gasteiger partial charge on any atom is 0.265 e. The molecule has 0 unspecified atom stereocenters. The van der Waals surface area contributed by atoms with Gasteiger partial charge in [0.1, 0.15) is 11.0 Å². The number of nitrogens with zero attached hydrogens (tertiary/aromatic N) is 4. The monoisotopic (exact) mass is 354 g/mol. The summed E-state index contributed by atoms with van der Waals surface area (Å²) in [6, 6.07) is 11.4. The van der Waals surface area contributed by atoms with E-state index < -0.39 is 6.10 Å². The second-order valence-corrected chi connectivity index (χ2v) is 6.93. The van der Waals surface area contributed by atoms with Gasteiger partial charge in [0, 0.05) is 13.1 Å². The van der Waals surface area contributed by atoms with Crippen LogP contribution in [0.25, 0.3) is 0 Å². The number of aliphatic hydroxyl groups excluding tert-OH is 1. The number of aryl methyl sites for hydroxylation is 1. The van der Waals surface area contributed by atoms with Crippen LogP contribution in [0.2, 0.25) is 0 Å². The Bertz CT molecular complexity index is 861. The molecule has 3 aromatic rings. The summed E-state index contributed by atoms with van der Waals surface area (Å²) in [6.45, 7) is 1.92. The van der Waals surface area contributed by atoms with Crippen LogP contribution in [-0.2, 0) is 13.1 Å². The molecule has 4 rings (SSSR count). The van der Waals surface area contributed by atoms with Gasteiger partial charge in [0.25, 0.3) is 5.91 Å². The Kier molecular flexibility index (Phi) is 4.33. The second kappa shape index (κ2) is 6.78. The molecule has 0 saturated heterocycles. The Hall–Kier alpha value is -2.51. The van der Waals surface area contributed by atoms with Crippen LogP contribution < -0.4 is 0 Å². The maximum absolute atomic E-state index is 12.6. The molecule has 1 aliphatic rings. The van der Waals surface area contributed by atoms with Crippen LogP contribution in [0.15, 0.2) is 48.1 Å². The van der Waals surface area contributed by atoms with Crippen molar-refractivity contribution in [3.05, 3.63) is 69.9 Å². The summed E-state index contributed by atoms with van der Waals surface area (Å²) in [4.78, 5) is 19.1. The van der Waals surface area contributed by atoms with Crippen molar-refractivity contribution in [1.82, 2.24) is 19.7 Å². The number of fused-ring (bicyclic) bond motifs is 1. The van der Waals surface area contributed by atoms with Crippen LogP contribution in [0, 0.1) is 0 Å². The topological polar surface area (TPSA) is 71.2 Å². The van der Waals surface area contributed by atoms with Gasteiger partial charge in [-0.2, -0.15) is 5.10 Å². The number of rotatable bonds is 3. The molecule has 0 radical (unpaired) electrons. The van der Waals surface area contributed by atoms with Crippen molar-refractivity contribution in [2.45, 2.75) is 25.6 Å². The Labute approximate surface area is 149 Å². The lowest BCUT2D eigenvalue weighted by Crippen LogP contribution is -2.30. The lowest BCUT2D eigenvalue weighted by Gasteiger charge is -2.18.